The smallest absolute Gasteiger partial charge is 0.251 e. The first-order valence-electron chi connectivity index (χ1n) is 8.41. The lowest BCUT2D eigenvalue weighted by molar-refractivity contribution is -0.645. The molecule has 0 unspecified atom stereocenters. The van der Waals surface area contributed by atoms with Crippen molar-refractivity contribution in [2.45, 2.75) is 17.5 Å². The normalized spacial score (nSPS) is 11.7. The summed E-state index contributed by atoms with van der Waals surface area (Å²) in [5.41, 5.74) is 2.23. The Kier molecular flexibility index (Phi) is 6.28. The molecule has 0 aliphatic carbocycles. The summed E-state index contributed by atoms with van der Waals surface area (Å²) >= 11 is 1.24. The van der Waals surface area contributed by atoms with Crippen molar-refractivity contribution in [1.29, 1.82) is 0 Å². The molecule has 1 atom stereocenters. The number of carbonyl (C=O) groups is 1. The van der Waals surface area contributed by atoms with Crippen LogP contribution in [0.4, 0.5) is 0 Å². The lowest BCUT2D eigenvalue weighted by atomic mass is 9.99. The highest BCUT2D eigenvalue weighted by molar-refractivity contribution is 7.99. The Morgan fingerprint density at radius 2 is 1.62 bits per heavy atom. The molecule has 2 aromatic carbocycles. The number of hydrogen-bond donors (Lipinski definition) is 1. The van der Waals surface area contributed by atoms with Gasteiger partial charge in [0.15, 0.2) is 6.20 Å². The molecule has 0 aliphatic heterocycles. The minimum absolute atomic E-state index is 0.0939. The van der Waals surface area contributed by atoms with Gasteiger partial charge in [-0.2, -0.15) is 4.73 Å². The molecule has 0 spiro atoms. The Morgan fingerprint density at radius 1 is 0.962 bits per heavy atom. The fourth-order valence-corrected chi connectivity index (χ4v) is 3.41. The van der Waals surface area contributed by atoms with Gasteiger partial charge in [-0.3, -0.25) is 4.79 Å². The lowest BCUT2D eigenvalue weighted by Gasteiger charge is -2.19. The predicted molar refractivity (Wildman–Crippen MR) is 104 cm³/mol. The second-order valence-electron chi connectivity index (χ2n) is 5.87. The lowest BCUT2D eigenvalue weighted by Crippen LogP contribution is -2.32. The van der Waals surface area contributed by atoms with Crippen LogP contribution in [0.3, 0.4) is 0 Å². The zero-order valence-electron chi connectivity index (χ0n) is 14.2. The van der Waals surface area contributed by atoms with E-state index < -0.39 is 0 Å². The summed E-state index contributed by atoms with van der Waals surface area (Å²) in [6.45, 7) is 0. The minimum Gasteiger partial charge on any atom is -0.618 e. The standard InChI is InChI=1S/C21H20N2O2S/c24-20(16-26-21-13-7-8-14-23(21)25)22-19(18-11-5-2-6-12-18)15-17-9-3-1-4-10-17/h1-14,19H,15-16H2,(H,22,24)/t19-/m0/s1. The van der Waals surface area contributed by atoms with E-state index >= 15 is 0 Å². The summed E-state index contributed by atoms with van der Waals surface area (Å²) in [7, 11) is 0. The van der Waals surface area contributed by atoms with Gasteiger partial charge < -0.3 is 10.5 Å². The van der Waals surface area contributed by atoms with Crippen LogP contribution in [-0.2, 0) is 11.2 Å². The molecule has 5 heteroatoms. The first kappa shape index (κ1) is 18.0. The highest BCUT2D eigenvalue weighted by Crippen LogP contribution is 2.19. The zero-order valence-corrected chi connectivity index (χ0v) is 15.1. The van der Waals surface area contributed by atoms with Crippen LogP contribution in [0.25, 0.3) is 0 Å². The number of nitrogens with zero attached hydrogens (tertiary/aromatic N) is 1. The molecule has 0 saturated carbocycles. The van der Waals surface area contributed by atoms with Gasteiger partial charge in [-0.05, 0) is 35.4 Å². The number of amides is 1. The van der Waals surface area contributed by atoms with E-state index in [1.54, 1.807) is 18.2 Å². The number of hydrogen-bond acceptors (Lipinski definition) is 3. The molecule has 0 fully saturated rings. The molecule has 132 valence electrons. The van der Waals surface area contributed by atoms with Crippen LogP contribution in [0.5, 0.6) is 0 Å². The predicted octanol–water partition coefficient (Wildman–Crippen LogP) is 3.51. The fraction of sp³-hybridized carbons (Fsp3) is 0.143. The molecule has 1 N–H and O–H groups in total. The average Bonchev–Trinajstić information content (AvgIpc) is 2.68. The van der Waals surface area contributed by atoms with Crippen molar-refractivity contribution in [1.82, 2.24) is 5.32 Å². The van der Waals surface area contributed by atoms with Crippen molar-refractivity contribution in [2.24, 2.45) is 0 Å². The van der Waals surface area contributed by atoms with Crippen LogP contribution < -0.4 is 10.0 Å². The highest BCUT2D eigenvalue weighted by Gasteiger charge is 2.16. The molecule has 3 rings (SSSR count). The third-order valence-corrected chi connectivity index (χ3v) is 4.98. The van der Waals surface area contributed by atoms with Gasteiger partial charge in [0.1, 0.15) is 0 Å². The van der Waals surface area contributed by atoms with Gasteiger partial charge in [-0.1, -0.05) is 60.7 Å². The van der Waals surface area contributed by atoms with Crippen LogP contribution in [0.1, 0.15) is 17.2 Å². The van der Waals surface area contributed by atoms with E-state index in [-0.39, 0.29) is 17.7 Å². The van der Waals surface area contributed by atoms with Gasteiger partial charge in [-0.25, -0.2) is 0 Å². The van der Waals surface area contributed by atoms with E-state index in [0.29, 0.717) is 11.4 Å². The molecule has 1 amide bonds. The van der Waals surface area contributed by atoms with Gasteiger partial charge in [0.2, 0.25) is 5.91 Å². The summed E-state index contributed by atoms with van der Waals surface area (Å²) in [4.78, 5) is 12.5. The van der Waals surface area contributed by atoms with E-state index in [1.807, 2.05) is 48.5 Å². The molecule has 26 heavy (non-hydrogen) atoms. The van der Waals surface area contributed by atoms with Crippen LogP contribution >= 0.6 is 11.8 Å². The molecular weight excluding hydrogens is 344 g/mol. The van der Waals surface area contributed by atoms with E-state index in [2.05, 4.69) is 17.4 Å². The van der Waals surface area contributed by atoms with Crippen molar-refractivity contribution in [3.63, 3.8) is 0 Å². The first-order valence-corrected chi connectivity index (χ1v) is 9.40. The van der Waals surface area contributed by atoms with Crippen molar-refractivity contribution < 1.29 is 9.52 Å². The van der Waals surface area contributed by atoms with Crippen LogP contribution in [0.15, 0.2) is 90.1 Å². The van der Waals surface area contributed by atoms with Crippen LogP contribution in [0, 0.1) is 5.21 Å². The number of thioether (sulfide) groups is 1. The highest BCUT2D eigenvalue weighted by atomic mass is 32.2. The first-order chi connectivity index (χ1) is 12.7. The topological polar surface area (TPSA) is 56.0 Å². The Hall–Kier alpha value is -2.79. The van der Waals surface area contributed by atoms with Gasteiger partial charge in [0.25, 0.3) is 5.03 Å². The van der Waals surface area contributed by atoms with Crippen molar-refractivity contribution in [3.05, 3.63) is 101 Å². The van der Waals surface area contributed by atoms with E-state index in [1.165, 1.54) is 18.0 Å². The van der Waals surface area contributed by atoms with Gasteiger partial charge in [-0.15, -0.1) is 0 Å². The largest absolute Gasteiger partial charge is 0.618 e. The zero-order chi connectivity index (χ0) is 18.2. The average molecular weight is 364 g/mol. The van der Waals surface area contributed by atoms with E-state index in [9.17, 15) is 10.0 Å². The SMILES string of the molecule is O=C(CSc1cccc[n+]1[O-])N[C@@H](Cc1ccccc1)c1ccccc1. The van der Waals surface area contributed by atoms with Crippen LogP contribution in [0.2, 0.25) is 0 Å². The third kappa shape index (κ3) is 5.10. The molecule has 0 saturated heterocycles. The fourth-order valence-electron chi connectivity index (χ4n) is 2.69. The summed E-state index contributed by atoms with van der Waals surface area (Å²) in [6, 6.07) is 25.1. The molecule has 0 aliphatic rings. The number of nitrogens with one attached hydrogen (secondary N) is 1. The summed E-state index contributed by atoms with van der Waals surface area (Å²) in [5, 5.41) is 15.3. The van der Waals surface area contributed by atoms with Gasteiger partial charge in [0.05, 0.1) is 11.8 Å². The monoisotopic (exact) mass is 364 g/mol. The van der Waals surface area contributed by atoms with E-state index in [4.69, 9.17) is 0 Å². The third-order valence-electron chi connectivity index (χ3n) is 3.96. The molecule has 1 aromatic heterocycles. The maximum absolute atomic E-state index is 12.5. The summed E-state index contributed by atoms with van der Waals surface area (Å²) in [6.07, 6.45) is 2.15. The molecule has 1 heterocycles. The van der Waals surface area contributed by atoms with Gasteiger partial charge in [0, 0.05) is 12.1 Å². The molecule has 0 radical (unpaired) electrons. The molecule has 3 aromatic rings. The molecular formula is C21H20N2O2S. The molecule has 4 nitrogen and oxygen atoms in total. The Balaban J connectivity index is 1.67. The maximum atomic E-state index is 12.5. The Bertz CT molecular complexity index is 841. The number of benzene rings is 2. The van der Waals surface area contributed by atoms with Crippen molar-refractivity contribution >= 4 is 17.7 Å². The maximum Gasteiger partial charge on any atom is 0.251 e. The number of aromatic nitrogens is 1. The summed E-state index contributed by atoms with van der Waals surface area (Å²) in [5.74, 6) is 0.105. The Morgan fingerprint density at radius 3 is 2.31 bits per heavy atom. The quantitative estimate of drug-likeness (QED) is 0.396. The van der Waals surface area contributed by atoms with E-state index in [0.717, 1.165) is 15.9 Å². The Labute approximate surface area is 157 Å². The number of carbonyl (C=O) groups excluding carboxylic acids is 1. The second kappa shape index (κ2) is 9.06. The number of pyridine rings is 1. The van der Waals surface area contributed by atoms with Crippen LogP contribution in [-0.4, -0.2) is 11.7 Å². The minimum atomic E-state index is -0.109. The van der Waals surface area contributed by atoms with Crippen molar-refractivity contribution in [3.8, 4) is 0 Å². The van der Waals surface area contributed by atoms with Crippen molar-refractivity contribution in [2.75, 3.05) is 5.75 Å². The van der Waals surface area contributed by atoms with Gasteiger partial charge >= 0.3 is 0 Å². The summed E-state index contributed by atoms with van der Waals surface area (Å²) < 4.78 is 0.774. The second-order valence-corrected chi connectivity index (χ2v) is 6.87. The number of rotatable bonds is 7. The molecule has 0 bridgehead atoms.